The van der Waals surface area contributed by atoms with E-state index < -0.39 is 12.0 Å². The van der Waals surface area contributed by atoms with Gasteiger partial charge in [-0.2, -0.15) is 0 Å². The predicted octanol–water partition coefficient (Wildman–Crippen LogP) is 4.80. The van der Waals surface area contributed by atoms with E-state index in [-0.39, 0.29) is 18.9 Å². The molecule has 0 radical (unpaired) electrons. The lowest BCUT2D eigenvalue weighted by molar-refractivity contribution is -0.115. The highest BCUT2D eigenvalue weighted by Crippen LogP contribution is 2.39. The molecule has 0 saturated carbocycles. The maximum absolute atomic E-state index is 12.7. The van der Waals surface area contributed by atoms with Gasteiger partial charge in [0.05, 0.1) is 18.6 Å². The monoisotopic (exact) mass is 446 g/mol. The van der Waals surface area contributed by atoms with Gasteiger partial charge in [-0.05, 0) is 49.4 Å². The van der Waals surface area contributed by atoms with Crippen LogP contribution in [-0.4, -0.2) is 29.8 Å². The lowest BCUT2D eigenvalue weighted by Gasteiger charge is -2.09. The largest absolute Gasteiger partial charge is 0.450 e. The van der Waals surface area contributed by atoms with Gasteiger partial charge in [-0.25, -0.2) is 4.79 Å². The number of alkyl carbamates (subject to hydrolysis) is 1. The minimum Gasteiger partial charge on any atom is -0.450 e. The van der Waals surface area contributed by atoms with Crippen LogP contribution in [-0.2, 0) is 28.8 Å². The van der Waals surface area contributed by atoms with Crippen molar-refractivity contribution < 1.29 is 19.1 Å². The number of benzene rings is 1. The van der Waals surface area contributed by atoms with E-state index in [1.165, 1.54) is 16.2 Å². The molecule has 160 valence electrons. The first-order chi connectivity index (χ1) is 14.4. The second kappa shape index (κ2) is 10.1. The average molecular weight is 447 g/mol. The van der Waals surface area contributed by atoms with Gasteiger partial charge in [0.15, 0.2) is 0 Å². The number of carbonyl (C=O) groups excluding carboxylic acids is 3. The fourth-order valence-corrected chi connectivity index (χ4v) is 5.51. The van der Waals surface area contributed by atoms with Crippen LogP contribution in [0.15, 0.2) is 29.2 Å². The highest BCUT2D eigenvalue weighted by atomic mass is 32.2. The molecule has 2 N–H and O–H groups in total. The summed E-state index contributed by atoms with van der Waals surface area (Å²) in [6.45, 7) is 6.13. The average Bonchev–Trinajstić information content (AvgIpc) is 3.23. The third-order valence-electron chi connectivity index (χ3n) is 4.55. The van der Waals surface area contributed by atoms with Crippen LogP contribution in [0.25, 0.3) is 0 Å². The zero-order valence-electron chi connectivity index (χ0n) is 17.4. The van der Waals surface area contributed by atoms with E-state index in [1.807, 2.05) is 24.3 Å². The molecule has 1 aliphatic carbocycles. The van der Waals surface area contributed by atoms with Gasteiger partial charge in [0.2, 0.25) is 5.91 Å². The van der Waals surface area contributed by atoms with Gasteiger partial charge in [-0.3, -0.25) is 14.9 Å². The summed E-state index contributed by atoms with van der Waals surface area (Å²) in [7, 11) is 0. The SMILES string of the molecule is CCOC(=O)NC(=O)c1c(NC(=O)Cc2ccc(SC(C)C)cc2)sc2c1CCC2. The molecular formula is C22H26N2O4S2. The zero-order chi connectivity index (χ0) is 21.7. The third kappa shape index (κ3) is 5.64. The molecule has 3 amide bonds. The molecule has 3 rings (SSSR count). The number of rotatable bonds is 7. The maximum Gasteiger partial charge on any atom is 0.414 e. The first-order valence-corrected chi connectivity index (χ1v) is 11.7. The molecule has 2 aromatic rings. The summed E-state index contributed by atoms with van der Waals surface area (Å²) in [6, 6.07) is 7.94. The second-order valence-corrected chi connectivity index (χ2v) is 10.0. The molecule has 0 aliphatic heterocycles. The molecule has 30 heavy (non-hydrogen) atoms. The summed E-state index contributed by atoms with van der Waals surface area (Å²) in [5.74, 6) is -0.720. The first kappa shape index (κ1) is 22.4. The van der Waals surface area contributed by atoms with Crippen LogP contribution in [0.5, 0.6) is 0 Å². The van der Waals surface area contributed by atoms with Crippen LogP contribution in [0.2, 0.25) is 0 Å². The highest BCUT2D eigenvalue weighted by Gasteiger charge is 2.28. The van der Waals surface area contributed by atoms with Crippen molar-refractivity contribution in [3.8, 4) is 0 Å². The zero-order valence-corrected chi connectivity index (χ0v) is 19.0. The Balaban J connectivity index is 1.70. The quantitative estimate of drug-likeness (QED) is 0.597. The number of nitrogens with one attached hydrogen (secondary N) is 2. The minimum absolute atomic E-state index is 0.179. The van der Waals surface area contributed by atoms with Crippen LogP contribution in [0, 0.1) is 0 Å². The number of aryl methyl sites for hydroxylation is 1. The molecule has 1 heterocycles. The molecular weight excluding hydrogens is 420 g/mol. The molecule has 0 fully saturated rings. The molecule has 0 bridgehead atoms. The predicted molar refractivity (Wildman–Crippen MR) is 121 cm³/mol. The number of amides is 3. The summed E-state index contributed by atoms with van der Waals surface area (Å²) >= 11 is 3.19. The number of hydrogen-bond acceptors (Lipinski definition) is 6. The van der Waals surface area contributed by atoms with Gasteiger partial charge in [-0.1, -0.05) is 26.0 Å². The Labute approximate surface area is 184 Å². The number of imide groups is 1. The van der Waals surface area contributed by atoms with Crippen molar-refractivity contribution in [2.24, 2.45) is 0 Å². The fraction of sp³-hybridized carbons (Fsp3) is 0.409. The van der Waals surface area contributed by atoms with E-state index in [1.54, 1.807) is 18.7 Å². The van der Waals surface area contributed by atoms with Crippen molar-refractivity contribution >= 4 is 46.0 Å². The summed E-state index contributed by atoms with van der Waals surface area (Å²) in [5, 5.41) is 6.13. The molecule has 1 aliphatic rings. The van der Waals surface area contributed by atoms with Crippen LogP contribution in [0.4, 0.5) is 9.80 Å². The van der Waals surface area contributed by atoms with Crippen molar-refractivity contribution in [1.82, 2.24) is 5.32 Å². The van der Waals surface area contributed by atoms with E-state index in [0.29, 0.717) is 15.8 Å². The maximum atomic E-state index is 12.7. The number of anilines is 1. The smallest absolute Gasteiger partial charge is 0.414 e. The highest BCUT2D eigenvalue weighted by molar-refractivity contribution is 7.99. The van der Waals surface area contributed by atoms with E-state index in [4.69, 9.17) is 4.74 Å². The lowest BCUT2D eigenvalue weighted by atomic mass is 10.1. The number of hydrogen-bond donors (Lipinski definition) is 2. The summed E-state index contributed by atoms with van der Waals surface area (Å²) in [5.41, 5.74) is 2.21. The van der Waals surface area contributed by atoms with E-state index >= 15 is 0 Å². The molecule has 0 saturated heterocycles. The molecule has 0 unspecified atom stereocenters. The van der Waals surface area contributed by atoms with Crippen molar-refractivity contribution in [1.29, 1.82) is 0 Å². The summed E-state index contributed by atoms with van der Waals surface area (Å²) in [4.78, 5) is 39.3. The summed E-state index contributed by atoms with van der Waals surface area (Å²) < 4.78 is 4.81. The number of fused-ring (bicyclic) bond motifs is 1. The van der Waals surface area contributed by atoms with Gasteiger partial charge in [0.25, 0.3) is 5.91 Å². The van der Waals surface area contributed by atoms with E-state index in [9.17, 15) is 14.4 Å². The van der Waals surface area contributed by atoms with Crippen molar-refractivity contribution in [3.05, 3.63) is 45.8 Å². The Kier molecular flexibility index (Phi) is 7.55. The Morgan fingerprint density at radius 2 is 1.90 bits per heavy atom. The minimum atomic E-state index is -0.780. The Bertz CT molecular complexity index is 935. The van der Waals surface area contributed by atoms with E-state index in [0.717, 1.165) is 35.3 Å². The standard InChI is InChI=1S/C22H26N2O4S2/c1-4-28-22(27)24-20(26)19-16-6-5-7-17(16)30-21(19)23-18(25)12-14-8-10-15(11-9-14)29-13(2)3/h8-11,13H,4-7,12H2,1-3H3,(H,23,25)(H,24,26,27). The van der Waals surface area contributed by atoms with Crippen molar-refractivity contribution in [2.75, 3.05) is 11.9 Å². The number of thioether (sulfide) groups is 1. The molecule has 1 aromatic heterocycles. The molecule has 8 heteroatoms. The second-order valence-electron chi connectivity index (χ2n) is 7.27. The molecule has 0 spiro atoms. The molecule has 0 atom stereocenters. The van der Waals surface area contributed by atoms with Crippen LogP contribution in [0.3, 0.4) is 0 Å². The van der Waals surface area contributed by atoms with Crippen molar-refractivity contribution in [3.63, 3.8) is 0 Å². The Morgan fingerprint density at radius 1 is 1.17 bits per heavy atom. The number of carbonyl (C=O) groups is 3. The van der Waals surface area contributed by atoms with Gasteiger partial charge >= 0.3 is 6.09 Å². The van der Waals surface area contributed by atoms with Gasteiger partial charge < -0.3 is 10.1 Å². The number of ether oxygens (including phenoxy) is 1. The van der Waals surface area contributed by atoms with Crippen LogP contribution in [0.1, 0.15) is 53.6 Å². The summed E-state index contributed by atoms with van der Waals surface area (Å²) in [6.07, 6.45) is 2.05. The third-order valence-corrected chi connectivity index (χ3v) is 6.78. The topological polar surface area (TPSA) is 84.5 Å². The normalized spacial score (nSPS) is 12.5. The van der Waals surface area contributed by atoms with Crippen LogP contribution >= 0.6 is 23.1 Å². The van der Waals surface area contributed by atoms with Gasteiger partial charge in [-0.15, -0.1) is 23.1 Å². The molecule has 6 nitrogen and oxygen atoms in total. The lowest BCUT2D eigenvalue weighted by Crippen LogP contribution is -2.32. The number of thiophene rings is 1. The van der Waals surface area contributed by atoms with Crippen molar-refractivity contribution in [2.45, 2.75) is 56.6 Å². The molecule has 1 aromatic carbocycles. The van der Waals surface area contributed by atoms with Gasteiger partial charge in [0.1, 0.15) is 5.00 Å². The van der Waals surface area contributed by atoms with E-state index in [2.05, 4.69) is 24.5 Å². The fourth-order valence-electron chi connectivity index (χ4n) is 3.37. The Morgan fingerprint density at radius 3 is 2.57 bits per heavy atom. The van der Waals surface area contributed by atoms with Gasteiger partial charge in [0, 0.05) is 15.0 Å². The Hall–Kier alpha value is -2.32. The van der Waals surface area contributed by atoms with Crippen LogP contribution < -0.4 is 10.6 Å². The first-order valence-electron chi connectivity index (χ1n) is 10.1.